The first kappa shape index (κ1) is 33.2. The monoisotopic (exact) mass is 576 g/mol. The number of carbonyl (C=O) groups excluding carboxylic acids is 1. The molecule has 3 rings (SSSR count). The van der Waals surface area contributed by atoms with Gasteiger partial charge in [0, 0.05) is 6.61 Å². The van der Waals surface area contributed by atoms with Crippen LogP contribution in [-0.4, -0.2) is 45.6 Å². The Bertz CT molecular complexity index is 1130. The third kappa shape index (κ3) is 12.3. The molecule has 228 valence electrons. The van der Waals surface area contributed by atoms with Gasteiger partial charge >= 0.3 is 5.97 Å². The standard InChI is InChI=1S/C36H48O6/c1-4-7-9-29(6-3)27-42-36(37)33-12-10-30(11-13-33)28-41-35-20-16-32(17-21-35)31-14-18-34(19-15-31)40-26-25-39-24-23-38-22-8-5-2/h10-21,29H,4-9,22-28H2,1-3H3/t29-/m1/s1. The second-order valence-corrected chi connectivity index (χ2v) is 10.5. The number of unbranched alkanes of at least 4 members (excludes halogenated alkanes) is 2. The summed E-state index contributed by atoms with van der Waals surface area (Å²) < 4.78 is 28.3. The highest BCUT2D eigenvalue weighted by Crippen LogP contribution is 2.25. The maximum Gasteiger partial charge on any atom is 0.338 e. The molecule has 42 heavy (non-hydrogen) atoms. The number of ether oxygens (including phenoxy) is 5. The molecule has 0 bridgehead atoms. The van der Waals surface area contributed by atoms with E-state index in [1.807, 2.05) is 72.8 Å². The third-order valence-corrected chi connectivity index (χ3v) is 7.14. The van der Waals surface area contributed by atoms with Crippen LogP contribution < -0.4 is 9.47 Å². The first-order valence-corrected chi connectivity index (χ1v) is 15.5. The van der Waals surface area contributed by atoms with Gasteiger partial charge in [0.1, 0.15) is 24.7 Å². The van der Waals surface area contributed by atoms with Crippen molar-refractivity contribution >= 4 is 5.97 Å². The van der Waals surface area contributed by atoms with Crippen LogP contribution in [0.5, 0.6) is 11.5 Å². The van der Waals surface area contributed by atoms with E-state index in [-0.39, 0.29) is 5.97 Å². The van der Waals surface area contributed by atoms with Crippen molar-refractivity contribution in [1.82, 2.24) is 0 Å². The van der Waals surface area contributed by atoms with Crippen LogP contribution in [0.4, 0.5) is 0 Å². The predicted octanol–water partition coefficient (Wildman–Crippen LogP) is 8.52. The van der Waals surface area contributed by atoms with Crippen molar-refractivity contribution in [1.29, 1.82) is 0 Å². The quantitative estimate of drug-likeness (QED) is 0.0936. The molecule has 0 N–H and O–H groups in total. The lowest BCUT2D eigenvalue weighted by Crippen LogP contribution is -2.14. The topological polar surface area (TPSA) is 63.2 Å². The van der Waals surface area contributed by atoms with E-state index in [2.05, 4.69) is 20.8 Å². The van der Waals surface area contributed by atoms with Crippen molar-refractivity contribution < 1.29 is 28.5 Å². The van der Waals surface area contributed by atoms with Gasteiger partial charge in [0.05, 0.1) is 32.0 Å². The van der Waals surface area contributed by atoms with Gasteiger partial charge in [-0.25, -0.2) is 4.79 Å². The lowest BCUT2D eigenvalue weighted by molar-refractivity contribution is 0.0356. The van der Waals surface area contributed by atoms with Gasteiger partial charge in [-0.3, -0.25) is 0 Å². The van der Waals surface area contributed by atoms with Crippen LogP contribution in [0, 0.1) is 5.92 Å². The van der Waals surface area contributed by atoms with E-state index in [9.17, 15) is 4.79 Å². The molecule has 3 aromatic carbocycles. The minimum atomic E-state index is -0.263. The van der Waals surface area contributed by atoms with Crippen LogP contribution in [0.25, 0.3) is 11.1 Å². The van der Waals surface area contributed by atoms with Crippen molar-refractivity contribution in [3.8, 4) is 22.6 Å². The second kappa shape index (κ2) is 19.7. The highest BCUT2D eigenvalue weighted by atomic mass is 16.5. The fourth-order valence-electron chi connectivity index (χ4n) is 4.35. The highest BCUT2D eigenvalue weighted by molar-refractivity contribution is 5.89. The average molecular weight is 577 g/mol. The molecule has 0 radical (unpaired) electrons. The summed E-state index contributed by atoms with van der Waals surface area (Å²) >= 11 is 0. The predicted molar refractivity (Wildman–Crippen MR) is 168 cm³/mol. The zero-order valence-electron chi connectivity index (χ0n) is 25.6. The summed E-state index contributed by atoms with van der Waals surface area (Å²) in [4.78, 5) is 12.4. The van der Waals surface area contributed by atoms with Gasteiger partial charge in [-0.05, 0) is 71.8 Å². The Morgan fingerprint density at radius 2 is 1.21 bits per heavy atom. The zero-order valence-corrected chi connectivity index (χ0v) is 25.6. The summed E-state index contributed by atoms with van der Waals surface area (Å²) in [6, 6.07) is 23.5. The largest absolute Gasteiger partial charge is 0.491 e. The number of hydrogen-bond acceptors (Lipinski definition) is 6. The molecule has 0 aliphatic carbocycles. The smallest absolute Gasteiger partial charge is 0.338 e. The minimum Gasteiger partial charge on any atom is -0.491 e. The Hall–Kier alpha value is -3.35. The number of hydrogen-bond donors (Lipinski definition) is 0. The van der Waals surface area contributed by atoms with E-state index in [1.165, 1.54) is 6.42 Å². The Kier molecular flexibility index (Phi) is 15.6. The summed E-state index contributed by atoms with van der Waals surface area (Å²) in [6.45, 7) is 10.4. The van der Waals surface area contributed by atoms with Gasteiger partial charge in [0.2, 0.25) is 0 Å². The third-order valence-electron chi connectivity index (χ3n) is 7.14. The lowest BCUT2D eigenvalue weighted by atomic mass is 10.0. The van der Waals surface area contributed by atoms with E-state index < -0.39 is 0 Å². The summed E-state index contributed by atoms with van der Waals surface area (Å²) in [6.07, 6.45) is 6.69. The van der Waals surface area contributed by atoms with Crippen molar-refractivity contribution in [3.63, 3.8) is 0 Å². The molecule has 0 aliphatic heterocycles. The van der Waals surface area contributed by atoms with Gasteiger partial charge in [0.25, 0.3) is 0 Å². The van der Waals surface area contributed by atoms with Gasteiger partial charge in [-0.15, -0.1) is 0 Å². The summed E-state index contributed by atoms with van der Waals surface area (Å²) in [5.41, 5.74) is 3.77. The van der Waals surface area contributed by atoms with Crippen LogP contribution in [-0.2, 0) is 20.8 Å². The van der Waals surface area contributed by atoms with E-state index in [0.29, 0.717) is 51.1 Å². The Labute approximate surface area is 252 Å². The average Bonchev–Trinajstić information content (AvgIpc) is 3.04. The summed E-state index contributed by atoms with van der Waals surface area (Å²) in [5, 5.41) is 0. The highest BCUT2D eigenvalue weighted by Gasteiger charge is 2.12. The molecule has 0 aromatic heterocycles. The zero-order chi connectivity index (χ0) is 29.8. The fraction of sp³-hybridized carbons (Fsp3) is 0.472. The minimum absolute atomic E-state index is 0.263. The Morgan fingerprint density at radius 3 is 1.81 bits per heavy atom. The van der Waals surface area contributed by atoms with Gasteiger partial charge in [-0.1, -0.05) is 82.9 Å². The number of benzene rings is 3. The van der Waals surface area contributed by atoms with Crippen LogP contribution in [0.1, 0.15) is 75.2 Å². The molecule has 1 atom stereocenters. The van der Waals surface area contributed by atoms with E-state index in [1.54, 1.807) is 0 Å². The second-order valence-electron chi connectivity index (χ2n) is 10.5. The lowest BCUT2D eigenvalue weighted by Gasteiger charge is -2.14. The maximum absolute atomic E-state index is 12.4. The molecule has 0 fully saturated rings. The molecule has 0 amide bonds. The van der Waals surface area contributed by atoms with Gasteiger partial charge < -0.3 is 23.7 Å². The van der Waals surface area contributed by atoms with Crippen molar-refractivity contribution in [3.05, 3.63) is 83.9 Å². The van der Waals surface area contributed by atoms with Gasteiger partial charge in [0.15, 0.2) is 0 Å². The van der Waals surface area contributed by atoms with E-state index >= 15 is 0 Å². The van der Waals surface area contributed by atoms with Crippen LogP contribution >= 0.6 is 0 Å². The molecular weight excluding hydrogens is 528 g/mol. The molecule has 6 heteroatoms. The SMILES string of the molecule is CCCCOCCOCCOc1ccc(-c2ccc(OCc3ccc(C(=O)OC[C@H](CC)CCCC)cc3)cc2)cc1. The molecule has 6 nitrogen and oxygen atoms in total. The van der Waals surface area contributed by atoms with E-state index in [0.717, 1.165) is 66.9 Å². The molecule has 0 heterocycles. The van der Waals surface area contributed by atoms with Crippen molar-refractivity contribution in [2.45, 2.75) is 65.9 Å². The van der Waals surface area contributed by atoms with Crippen molar-refractivity contribution in [2.24, 2.45) is 5.92 Å². The molecule has 3 aromatic rings. The number of esters is 1. The first-order chi connectivity index (χ1) is 20.6. The first-order valence-electron chi connectivity index (χ1n) is 15.5. The van der Waals surface area contributed by atoms with Crippen LogP contribution in [0.3, 0.4) is 0 Å². The van der Waals surface area contributed by atoms with Crippen LogP contribution in [0.15, 0.2) is 72.8 Å². The normalized spacial score (nSPS) is 11.7. The maximum atomic E-state index is 12.4. The number of rotatable bonds is 21. The summed E-state index contributed by atoms with van der Waals surface area (Å²) in [5.74, 6) is 1.77. The fourth-order valence-corrected chi connectivity index (χ4v) is 4.35. The van der Waals surface area contributed by atoms with Gasteiger partial charge in [-0.2, -0.15) is 0 Å². The van der Waals surface area contributed by atoms with Crippen molar-refractivity contribution in [2.75, 3.05) is 39.6 Å². The number of carbonyl (C=O) groups is 1. The molecule has 0 saturated heterocycles. The molecular formula is C36H48O6. The summed E-state index contributed by atoms with van der Waals surface area (Å²) in [7, 11) is 0. The molecule has 0 aliphatic rings. The molecule has 0 saturated carbocycles. The van der Waals surface area contributed by atoms with Crippen LogP contribution in [0.2, 0.25) is 0 Å². The Morgan fingerprint density at radius 1 is 0.643 bits per heavy atom. The molecule has 0 unspecified atom stereocenters. The Balaban J connectivity index is 1.37. The van der Waals surface area contributed by atoms with E-state index in [4.69, 9.17) is 23.7 Å². The molecule has 0 spiro atoms.